The lowest BCUT2D eigenvalue weighted by molar-refractivity contribution is -0.394. The van der Waals surface area contributed by atoms with Crippen molar-refractivity contribution in [2.75, 3.05) is 7.11 Å². The molecule has 3 aromatic carbocycles. The Morgan fingerprint density at radius 2 is 1.53 bits per heavy atom. The minimum atomic E-state index is -0.669. The first-order valence-corrected chi connectivity index (χ1v) is 10.1. The minimum absolute atomic E-state index is 0.120. The third kappa shape index (κ3) is 4.08. The van der Waals surface area contributed by atoms with Crippen LogP contribution in [0.15, 0.2) is 77.3 Å². The molecular weight excluding hydrogens is 480 g/mol. The van der Waals surface area contributed by atoms with Gasteiger partial charge in [-0.2, -0.15) is 5.10 Å². The van der Waals surface area contributed by atoms with E-state index in [1.165, 1.54) is 16.8 Å². The summed E-state index contributed by atoms with van der Waals surface area (Å²) in [7, 11) is 1.56. The van der Waals surface area contributed by atoms with E-state index in [2.05, 4.69) is 21.0 Å². The predicted molar refractivity (Wildman–Crippen MR) is 122 cm³/mol. The third-order valence-electron chi connectivity index (χ3n) is 4.83. The molecule has 0 aliphatic heterocycles. The van der Waals surface area contributed by atoms with Crippen LogP contribution in [-0.2, 0) is 0 Å². The molecule has 1 heterocycles. The van der Waals surface area contributed by atoms with Gasteiger partial charge in [0.25, 0.3) is 5.69 Å². The predicted octanol–water partition coefficient (Wildman–Crippen LogP) is 5.79. The largest absolute Gasteiger partial charge is 0.497 e. The zero-order valence-corrected chi connectivity index (χ0v) is 18.2. The van der Waals surface area contributed by atoms with Gasteiger partial charge >= 0.3 is 5.69 Å². The molecule has 4 aromatic rings. The van der Waals surface area contributed by atoms with Crippen molar-refractivity contribution < 1.29 is 14.6 Å². The van der Waals surface area contributed by atoms with Crippen molar-refractivity contribution in [3.05, 3.63) is 97.5 Å². The van der Waals surface area contributed by atoms with Gasteiger partial charge in [0.2, 0.25) is 0 Å². The van der Waals surface area contributed by atoms with Crippen molar-refractivity contribution >= 4 is 27.3 Å². The SMILES string of the molecule is COc1ccc(-c2cc(-c3ccc(Br)cc3)nn2-c2ccc([N+](=O)[O-])cc2[N+](=O)[O-])cc1. The first kappa shape index (κ1) is 21.2. The number of benzene rings is 3. The van der Waals surface area contributed by atoms with Gasteiger partial charge in [-0.05, 0) is 48.5 Å². The number of ether oxygens (including phenoxy) is 1. The minimum Gasteiger partial charge on any atom is -0.497 e. The quantitative estimate of drug-likeness (QED) is 0.247. The highest BCUT2D eigenvalue weighted by atomic mass is 79.9. The normalized spacial score (nSPS) is 10.7. The molecule has 0 fully saturated rings. The Morgan fingerprint density at radius 1 is 0.875 bits per heavy atom. The van der Waals surface area contributed by atoms with E-state index in [0.29, 0.717) is 17.1 Å². The molecule has 0 radical (unpaired) electrons. The number of aromatic nitrogens is 2. The van der Waals surface area contributed by atoms with Crippen LogP contribution in [0.3, 0.4) is 0 Å². The zero-order valence-electron chi connectivity index (χ0n) is 16.6. The van der Waals surface area contributed by atoms with Gasteiger partial charge in [0.05, 0.1) is 34.4 Å². The van der Waals surface area contributed by atoms with Gasteiger partial charge in [-0.15, -0.1) is 0 Å². The lowest BCUT2D eigenvalue weighted by atomic mass is 10.1. The van der Waals surface area contributed by atoms with Crippen LogP contribution >= 0.6 is 15.9 Å². The Labute approximate surface area is 190 Å². The van der Waals surface area contributed by atoms with Crippen molar-refractivity contribution in [3.63, 3.8) is 0 Å². The first-order valence-electron chi connectivity index (χ1n) is 9.31. The van der Waals surface area contributed by atoms with E-state index in [1.807, 2.05) is 42.5 Å². The number of nitro benzene ring substituents is 2. The zero-order chi connectivity index (χ0) is 22.8. The fraction of sp³-hybridized carbons (Fsp3) is 0.0455. The number of hydrogen-bond donors (Lipinski definition) is 0. The number of nitro groups is 2. The van der Waals surface area contributed by atoms with Crippen LogP contribution in [0.5, 0.6) is 5.75 Å². The monoisotopic (exact) mass is 494 g/mol. The van der Waals surface area contributed by atoms with Crippen LogP contribution in [0.2, 0.25) is 0 Å². The summed E-state index contributed by atoms with van der Waals surface area (Å²) in [5, 5.41) is 27.5. The molecule has 0 aliphatic rings. The third-order valence-corrected chi connectivity index (χ3v) is 5.36. The molecule has 0 bridgehead atoms. The Morgan fingerprint density at radius 3 is 2.12 bits per heavy atom. The lowest BCUT2D eigenvalue weighted by Crippen LogP contribution is -2.04. The summed E-state index contributed by atoms with van der Waals surface area (Å²) in [5.41, 5.74) is 2.07. The Hall–Kier alpha value is -4.05. The average molecular weight is 495 g/mol. The van der Waals surface area contributed by atoms with Gasteiger partial charge in [-0.1, -0.05) is 28.1 Å². The fourth-order valence-electron chi connectivity index (χ4n) is 3.24. The van der Waals surface area contributed by atoms with E-state index in [0.717, 1.165) is 21.7 Å². The van der Waals surface area contributed by atoms with E-state index in [1.54, 1.807) is 19.2 Å². The Kier molecular flexibility index (Phi) is 5.69. The number of nitrogens with zero attached hydrogens (tertiary/aromatic N) is 4. The van der Waals surface area contributed by atoms with Gasteiger partial charge < -0.3 is 4.74 Å². The molecule has 0 amide bonds. The van der Waals surface area contributed by atoms with Crippen LogP contribution in [0.1, 0.15) is 0 Å². The summed E-state index contributed by atoms with van der Waals surface area (Å²) in [6, 6.07) is 20.0. The summed E-state index contributed by atoms with van der Waals surface area (Å²) >= 11 is 3.40. The highest BCUT2D eigenvalue weighted by Crippen LogP contribution is 2.34. The lowest BCUT2D eigenvalue weighted by Gasteiger charge is -2.09. The van der Waals surface area contributed by atoms with E-state index in [9.17, 15) is 20.2 Å². The number of halogens is 1. The maximum atomic E-state index is 11.7. The molecule has 0 atom stereocenters. The second kappa shape index (κ2) is 8.60. The molecule has 4 rings (SSSR count). The van der Waals surface area contributed by atoms with Crippen molar-refractivity contribution in [3.8, 4) is 34.0 Å². The Balaban J connectivity index is 1.95. The van der Waals surface area contributed by atoms with E-state index in [4.69, 9.17) is 4.74 Å². The van der Waals surface area contributed by atoms with E-state index < -0.39 is 15.5 Å². The second-order valence-corrected chi connectivity index (χ2v) is 7.66. The summed E-state index contributed by atoms with van der Waals surface area (Å²) in [6.45, 7) is 0. The molecule has 32 heavy (non-hydrogen) atoms. The Bertz CT molecular complexity index is 1320. The summed E-state index contributed by atoms with van der Waals surface area (Å²) < 4.78 is 7.55. The van der Waals surface area contributed by atoms with Crippen LogP contribution < -0.4 is 4.74 Å². The standard InChI is InChI=1S/C22H15BrN4O5/c1-32-18-9-4-15(5-10-18)21-13-19(14-2-6-16(23)7-3-14)24-25(21)20-11-8-17(26(28)29)12-22(20)27(30)31/h2-13H,1H3. The van der Waals surface area contributed by atoms with Gasteiger partial charge in [-0.3, -0.25) is 20.2 Å². The van der Waals surface area contributed by atoms with Crippen molar-refractivity contribution in [1.29, 1.82) is 0 Å². The topological polar surface area (TPSA) is 113 Å². The van der Waals surface area contributed by atoms with Crippen molar-refractivity contribution in [1.82, 2.24) is 9.78 Å². The second-order valence-electron chi connectivity index (χ2n) is 6.75. The molecule has 0 aliphatic carbocycles. The highest BCUT2D eigenvalue weighted by Gasteiger charge is 2.24. The molecule has 0 saturated carbocycles. The van der Waals surface area contributed by atoms with E-state index >= 15 is 0 Å². The van der Waals surface area contributed by atoms with Gasteiger partial charge in [-0.25, -0.2) is 4.68 Å². The maximum absolute atomic E-state index is 11.7. The van der Waals surface area contributed by atoms with Crippen LogP contribution in [-0.4, -0.2) is 26.7 Å². The number of methoxy groups -OCH3 is 1. The molecule has 0 spiro atoms. The molecule has 160 valence electrons. The summed E-state index contributed by atoms with van der Waals surface area (Å²) in [6.07, 6.45) is 0. The van der Waals surface area contributed by atoms with Crippen LogP contribution in [0, 0.1) is 20.2 Å². The van der Waals surface area contributed by atoms with Crippen molar-refractivity contribution in [2.45, 2.75) is 0 Å². The molecule has 0 unspecified atom stereocenters. The van der Waals surface area contributed by atoms with Crippen molar-refractivity contribution in [2.24, 2.45) is 0 Å². The number of hydrogen-bond acceptors (Lipinski definition) is 6. The fourth-order valence-corrected chi connectivity index (χ4v) is 3.51. The average Bonchev–Trinajstić information content (AvgIpc) is 3.24. The van der Waals surface area contributed by atoms with Gasteiger partial charge in [0.1, 0.15) is 11.4 Å². The number of rotatable bonds is 6. The maximum Gasteiger partial charge on any atom is 0.301 e. The molecule has 0 N–H and O–H groups in total. The highest BCUT2D eigenvalue weighted by molar-refractivity contribution is 9.10. The molecular formula is C22H15BrN4O5. The molecule has 0 saturated heterocycles. The number of non-ortho nitro benzene ring substituents is 1. The van der Waals surface area contributed by atoms with Gasteiger partial charge in [0.15, 0.2) is 0 Å². The van der Waals surface area contributed by atoms with Crippen LogP contribution in [0.4, 0.5) is 11.4 Å². The molecule has 1 aromatic heterocycles. The molecule has 9 nitrogen and oxygen atoms in total. The summed E-state index contributed by atoms with van der Waals surface area (Å²) in [4.78, 5) is 21.5. The smallest absolute Gasteiger partial charge is 0.301 e. The summed E-state index contributed by atoms with van der Waals surface area (Å²) in [5.74, 6) is 0.661. The van der Waals surface area contributed by atoms with Gasteiger partial charge in [0, 0.05) is 21.7 Å². The van der Waals surface area contributed by atoms with E-state index in [-0.39, 0.29) is 11.4 Å². The first-order chi connectivity index (χ1) is 15.4. The molecule has 10 heteroatoms. The van der Waals surface area contributed by atoms with Crippen LogP contribution in [0.25, 0.3) is 28.2 Å².